The summed E-state index contributed by atoms with van der Waals surface area (Å²) in [6.45, 7) is 2.33. The molecule has 0 radical (unpaired) electrons. The summed E-state index contributed by atoms with van der Waals surface area (Å²) in [5.41, 5.74) is -0.286. The first-order chi connectivity index (χ1) is 9.19. The molecule has 3 nitrogen and oxygen atoms in total. The fourth-order valence-corrected chi connectivity index (χ4v) is 3.77. The molecule has 3 heteroatoms. The topological polar surface area (TPSA) is 45.0 Å². The lowest BCUT2D eigenvalue weighted by molar-refractivity contribution is -0.0369. The van der Waals surface area contributed by atoms with Gasteiger partial charge >= 0.3 is 0 Å². The lowest BCUT2D eigenvalue weighted by Gasteiger charge is -2.30. The van der Waals surface area contributed by atoms with E-state index in [9.17, 15) is 5.26 Å². The maximum atomic E-state index is 9.49. The second kappa shape index (κ2) is 5.42. The molecule has 0 spiro atoms. The van der Waals surface area contributed by atoms with Gasteiger partial charge in [-0.1, -0.05) is 19.8 Å². The van der Waals surface area contributed by atoms with Crippen molar-refractivity contribution >= 4 is 0 Å². The van der Waals surface area contributed by atoms with Crippen molar-refractivity contribution < 1.29 is 4.74 Å². The second-order valence-electron chi connectivity index (χ2n) is 7.01. The van der Waals surface area contributed by atoms with Crippen LogP contribution in [-0.2, 0) is 4.74 Å². The Balaban J connectivity index is 1.51. The predicted molar refractivity (Wildman–Crippen MR) is 74.6 cm³/mol. The summed E-state index contributed by atoms with van der Waals surface area (Å²) in [5.74, 6) is 0.811. The lowest BCUT2D eigenvalue weighted by atomic mass is 9.88. The molecule has 106 valence electrons. The molecule has 3 aliphatic carbocycles. The number of hydrogen-bond acceptors (Lipinski definition) is 3. The summed E-state index contributed by atoms with van der Waals surface area (Å²) in [6, 6.07) is 3.14. The molecule has 3 fully saturated rings. The van der Waals surface area contributed by atoms with Crippen molar-refractivity contribution in [3.63, 3.8) is 0 Å². The molecule has 4 atom stereocenters. The highest BCUT2D eigenvalue weighted by Crippen LogP contribution is 2.37. The Bertz CT molecular complexity index is 360. The largest absolute Gasteiger partial charge is 0.375 e. The van der Waals surface area contributed by atoms with Gasteiger partial charge in [-0.25, -0.2) is 0 Å². The van der Waals surface area contributed by atoms with E-state index < -0.39 is 0 Å². The van der Waals surface area contributed by atoms with Gasteiger partial charge in [-0.05, 0) is 44.4 Å². The summed E-state index contributed by atoms with van der Waals surface area (Å²) in [7, 11) is 0. The van der Waals surface area contributed by atoms with Crippen LogP contribution in [0.1, 0.15) is 64.7 Å². The fraction of sp³-hybridized carbons (Fsp3) is 0.938. The zero-order valence-electron chi connectivity index (χ0n) is 12.0. The van der Waals surface area contributed by atoms with Gasteiger partial charge in [0.2, 0.25) is 0 Å². The van der Waals surface area contributed by atoms with Crippen LogP contribution in [0.2, 0.25) is 0 Å². The highest BCUT2D eigenvalue weighted by Gasteiger charge is 2.43. The van der Waals surface area contributed by atoms with Crippen LogP contribution in [0, 0.1) is 17.2 Å². The van der Waals surface area contributed by atoms with E-state index in [1.54, 1.807) is 0 Å². The van der Waals surface area contributed by atoms with Crippen LogP contribution >= 0.6 is 0 Å². The van der Waals surface area contributed by atoms with Crippen molar-refractivity contribution in [3.8, 4) is 6.07 Å². The molecule has 0 aromatic heterocycles. The SMILES string of the molecule is CC1CCCC(OC2CCC(C#N)(NC3CC3)C2)C1. The Morgan fingerprint density at radius 1 is 1.16 bits per heavy atom. The summed E-state index contributed by atoms with van der Waals surface area (Å²) < 4.78 is 6.29. The van der Waals surface area contributed by atoms with E-state index in [0.29, 0.717) is 18.2 Å². The third-order valence-electron chi connectivity index (χ3n) is 5.01. The van der Waals surface area contributed by atoms with Gasteiger partial charge < -0.3 is 4.74 Å². The first-order valence-corrected chi connectivity index (χ1v) is 8.03. The van der Waals surface area contributed by atoms with Crippen LogP contribution in [0.4, 0.5) is 0 Å². The molecular formula is C16H26N2O. The quantitative estimate of drug-likeness (QED) is 0.846. The zero-order valence-corrected chi connectivity index (χ0v) is 12.0. The highest BCUT2D eigenvalue weighted by molar-refractivity contribution is 5.14. The van der Waals surface area contributed by atoms with Crippen molar-refractivity contribution in [2.75, 3.05) is 0 Å². The molecular weight excluding hydrogens is 236 g/mol. The van der Waals surface area contributed by atoms with Crippen molar-refractivity contribution in [1.29, 1.82) is 5.26 Å². The molecule has 3 saturated carbocycles. The Labute approximate surface area is 116 Å². The number of nitriles is 1. The summed E-state index contributed by atoms with van der Waals surface area (Å²) in [5, 5.41) is 13.0. The standard InChI is InChI=1S/C16H26N2O/c1-12-3-2-4-14(9-12)19-15-7-8-16(10-15,11-17)18-13-5-6-13/h12-15,18H,2-10H2,1H3. The van der Waals surface area contributed by atoms with Gasteiger partial charge in [0.15, 0.2) is 0 Å². The normalized spacial score (nSPS) is 43.1. The number of rotatable bonds is 4. The molecule has 19 heavy (non-hydrogen) atoms. The van der Waals surface area contributed by atoms with Crippen LogP contribution < -0.4 is 5.32 Å². The molecule has 0 aromatic carbocycles. The monoisotopic (exact) mass is 262 g/mol. The number of nitrogens with zero attached hydrogens (tertiary/aromatic N) is 1. The maximum Gasteiger partial charge on any atom is 0.109 e. The van der Waals surface area contributed by atoms with E-state index in [1.165, 1.54) is 38.5 Å². The second-order valence-corrected chi connectivity index (χ2v) is 7.01. The van der Waals surface area contributed by atoms with E-state index in [0.717, 1.165) is 25.2 Å². The summed E-state index contributed by atoms with van der Waals surface area (Å²) in [6.07, 6.45) is 11.3. The molecule has 0 heterocycles. The van der Waals surface area contributed by atoms with Crippen molar-refractivity contribution in [3.05, 3.63) is 0 Å². The predicted octanol–water partition coefficient (Wildman–Crippen LogP) is 3.15. The summed E-state index contributed by atoms with van der Waals surface area (Å²) in [4.78, 5) is 0. The molecule has 0 aliphatic heterocycles. The molecule has 0 bridgehead atoms. The average Bonchev–Trinajstić information content (AvgIpc) is 3.11. The number of hydrogen-bond donors (Lipinski definition) is 1. The van der Waals surface area contributed by atoms with Gasteiger partial charge in [0.1, 0.15) is 5.54 Å². The van der Waals surface area contributed by atoms with E-state index in [-0.39, 0.29) is 5.54 Å². The maximum absolute atomic E-state index is 9.49. The van der Waals surface area contributed by atoms with Crippen LogP contribution in [0.15, 0.2) is 0 Å². The van der Waals surface area contributed by atoms with Crippen LogP contribution in [0.25, 0.3) is 0 Å². The van der Waals surface area contributed by atoms with Gasteiger partial charge in [0.25, 0.3) is 0 Å². The van der Waals surface area contributed by atoms with E-state index in [1.807, 2.05) is 0 Å². The van der Waals surface area contributed by atoms with E-state index in [4.69, 9.17) is 4.74 Å². The molecule has 0 amide bonds. The van der Waals surface area contributed by atoms with Crippen molar-refractivity contribution in [2.45, 2.75) is 88.5 Å². The van der Waals surface area contributed by atoms with Crippen LogP contribution in [-0.4, -0.2) is 23.8 Å². The van der Waals surface area contributed by atoms with E-state index in [2.05, 4.69) is 18.3 Å². The number of ether oxygens (including phenoxy) is 1. The van der Waals surface area contributed by atoms with Gasteiger partial charge in [0.05, 0.1) is 18.3 Å². The van der Waals surface area contributed by atoms with Crippen LogP contribution in [0.3, 0.4) is 0 Å². The third-order valence-corrected chi connectivity index (χ3v) is 5.01. The Kier molecular flexibility index (Phi) is 3.82. The molecule has 4 unspecified atom stereocenters. The summed E-state index contributed by atoms with van der Waals surface area (Å²) >= 11 is 0. The first-order valence-electron chi connectivity index (χ1n) is 8.03. The molecule has 1 N–H and O–H groups in total. The number of nitrogens with one attached hydrogen (secondary N) is 1. The van der Waals surface area contributed by atoms with Gasteiger partial charge in [0, 0.05) is 12.5 Å². The molecule has 3 aliphatic rings. The molecule has 0 aromatic rings. The van der Waals surface area contributed by atoms with E-state index >= 15 is 0 Å². The lowest BCUT2D eigenvalue weighted by Crippen LogP contribution is -2.43. The Morgan fingerprint density at radius 2 is 2.00 bits per heavy atom. The van der Waals surface area contributed by atoms with Crippen molar-refractivity contribution in [2.24, 2.45) is 5.92 Å². The van der Waals surface area contributed by atoms with Gasteiger partial charge in [-0.15, -0.1) is 0 Å². The Hall–Kier alpha value is -0.590. The molecule has 3 rings (SSSR count). The minimum Gasteiger partial charge on any atom is -0.375 e. The van der Waals surface area contributed by atoms with Crippen LogP contribution in [0.5, 0.6) is 0 Å². The first kappa shape index (κ1) is 13.4. The van der Waals surface area contributed by atoms with Gasteiger partial charge in [-0.2, -0.15) is 5.26 Å². The van der Waals surface area contributed by atoms with Gasteiger partial charge in [-0.3, -0.25) is 5.32 Å². The minimum atomic E-state index is -0.286. The smallest absolute Gasteiger partial charge is 0.109 e. The minimum absolute atomic E-state index is 0.286. The Morgan fingerprint density at radius 3 is 2.68 bits per heavy atom. The highest BCUT2D eigenvalue weighted by atomic mass is 16.5. The zero-order chi connectivity index (χ0) is 13.3. The average molecular weight is 262 g/mol. The fourth-order valence-electron chi connectivity index (χ4n) is 3.77. The van der Waals surface area contributed by atoms with Crippen molar-refractivity contribution in [1.82, 2.24) is 5.32 Å². The molecule has 0 saturated heterocycles. The third kappa shape index (κ3) is 3.30.